The van der Waals surface area contributed by atoms with Crippen LogP contribution in [-0.4, -0.2) is 23.3 Å². The number of hydrogen-bond donors (Lipinski definition) is 2. The molecule has 1 saturated carbocycles. The Morgan fingerprint density at radius 1 is 0.964 bits per heavy atom. The molecule has 0 bridgehead atoms. The van der Waals surface area contributed by atoms with Gasteiger partial charge in [-0.05, 0) is 54.7 Å². The van der Waals surface area contributed by atoms with Gasteiger partial charge in [-0.15, -0.1) is 0 Å². The number of nitrogens with one attached hydrogen (secondary N) is 1. The fourth-order valence-electron chi connectivity index (χ4n) is 3.67. The van der Waals surface area contributed by atoms with Crippen LogP contribution in [0.25, 0.3) is 10.8 Å². The van der Waals surface area contributed by atoms with E-state index in [1.165, 1.54) is 12.1 Å². The number of alkyl halides is 6. The van der Waals surface area contributed by atoms with Crippen LogP contribution in [0.15, 0.2) is 30.3 Å². The molecule has 0 unspecified atom stereocenters. The van der Waals surface area contributed by atoms with Gasteiger partial charge in [0.2, 0.25) is 0 Å². The van der Waals surface area contributed by atoms with Crippen molar-refractivity contribution in [3.05, 3.63) is 41.5 Å². The maximum atomic E-state index is 13.7. The Kier molecular flexibility index (Phi) is 5.20. The molecular weight excluding hydrogens is 388 g/mol. The summed E-state index contributed by atoms with van der Waals surface area (Å²) >= 11 is 0. The molecule has 0 amide bonds. The molecule has 3 nitrogen and oxygen atoms in total. The second-order valence-electron chi connectivity index (χ2n) is 6.96. The summed E-state index contributed by atoms with van der Waals surface area (Å²) in [6.07, 6.45) is -9.01. The van der Waals surface area contributed by atoms with Gasteiger partial charge in [0.15, 0.2) is 0 Å². The van der Waals surface area contributed by atoms with Crippen LogP contribution in [0, 0.1) is 5.92 Å². The lowest BCUT2D eigenvalue weighted by Gasteiger charge is -2.31. The van der Waals surface area contributed by atoms with Crippen LogP contribution in [-0.2, 0) is 6.18 Å². The lowest BCUT2D eigenvalue weighted by Crippen LogP contribution is -2.33. The minimum atomic E-state index is -4.71. The molecule has 1 aliphatic carbocycles. The van der Waals surface area contributed by atoms with Gasteiger partial charge in [-0.25, -0.2) is 4.79 Å². The lowest BCUT2D eigenvalue weighted by molar-refractivity contribution is -0.182. The highest BCUT2D eigenvalue weighted by Gasteiger charge is 2.42. The predicted molar refractivity (Wildman–Crippen MR) is 91.3 cm³/mol. The second kappa shape index (κ2) is 7.18. The number of carbonyl (C=O) groups is 1. The van der Waals surface area contributed by atoms with Gasteiger partial charge in [-0.3, -0.25) is 0 Å². The number of carboxylic acids is 1. The van der Waals surface area contributed by atoms with Crippen molar-refractivity contribution in [2.45, 2.75) is 44.1 Å². The molecule has 3 rings (SSSR count). The molecule has 0 heterocycles. The number of rotatable bonds is 3. The standard InChI is InChI=1S/C19H17F6NO2/c20-18(21,22)12-3-5-13(6-4-12)26-15-8-2-10-9-11(17(27)28)1-7-14(10)16(15)19(23,24)25/h1-2,7-9,12-13,26H,3-6H2,(H,27,28)/t12-,13+. The van der Waals surface area contributed by atoms with Crippen molar-refractivity contribution in [1.82, 2.24) is 0 Å². The van der Waals surface area contributed by atoms with E-state index in [1.54, 1.807) is 0 Å². The van der Waals surface area contributed by atoms with Crippen molar-refractivity contribution < 1.29 is 36.2 Å². The Morgan fingerprint density at radius 3 is 2.14 bits per heavy atom. The van der Waals surface area contributed by atoms with E-state index in [-0.39, 0.29) is 47.7 Å². The average Bonchev–Trinajstić information content (AvgIpc) is 2.59. The molecule has 0 saturated heterocycles. The monoisotopic (exact) mass is 405 g/mol. The molecule has 0 atom stereocenters. The third-order valence-corrected chi connectivity index (χ3v) is 5.10. The van der Waals surface area contributed by atoms with Crippen LogP contribution in [0.3, 0.4) is 0 Å². The topological polar surface area (TPSA) is 49.3 Å². The van der Waals surface area contributed by atoms with E-state index < -0.39 is 35.8 Å². The maximum absolute atomic E-state index is 13.7. The number of hydrogen-bond acceptors (Lipinski definition) is 2. The molecule has 1 fully saturated rings. The maximum Gasteiger partial charge on any atom is 0.418 e. The summed E-state index contributed by atoms with van der Waals surface area (Å²) in [4.78, 5) is 11.0. The zero-order valence-corrected chi connectivity index (χ0v) is 14.5. The third kappa shape index (κ3) is 4.18. The Labute approximate surface area is 156 Å². The van der Waals surface area contributed by atoms with E-state index in [0.29, 0.717) is 0 Å². The van der Waals surface area contributed by atoms with Crippen LogP contribution < -0.4 is 5.32 Å². The van der Waals surface area contributed by atoms with E-state index in [0.717, 1.165) is 18.2 Å². The Hall–Kier alpha value is -2.45. The van der Waals surface area contributed by atoms with Gasteiger partial charge in [0.25, 0.3) is 0 Å². The van der Waals surface area contributed by atoms with Crippen molar-refractivity contribution in [2.75, 3.05) is 5.32 Å². The van der Waals surface area contributed by atoms with Gasteiger partial charge in [0.05, 0.1) is 17.0 Å². The first-order valence-corrected chi connectivity index (χ1v) is 8.67. The Morgan fingerprint density at radius 2 is 1.61 bits per heavy atom. The van der Waals surface area contributed by atoms with Crippen molar-refractivity contribution in [2.24, 2.45) is 5.92 Å². The normalized spacial score (nSPS) is 20.9. The highest BCUT2D eigenvalue weighted by molar-refractivity contribution is 5.97. The minimum absolute atomic E-state index is 0.122. The molecule has 9 heteroatoms. The quantitative estimate of drug-likeness (QED) is 0.608. The van der Waals surface area contributed by atoms with Crippen LogP contribution >= 0.6 is 0 Å². The summed E-state index contributed by atoms with van der Waals surface area (Å²) in [6.45, 7) is 0. The molecule has 1 aliphatic rings. The zero-order valence-electron chi connectivity index (χ0n) is 14.5. The molecule has 0 aromatic heterocycles. The molecule has 0 spiro atoms. The van der Waals surface area contributed by atoms with E-state index >= 15 is 0 Å². The molecule has 0 aliphatic heterocycles. The zero-order chi connectivity index (χ0) is 20.7. The highest BCUT2D eigenvalue weighted by atomic mass is 19.4. The van der Waals surface area contributed by atoms with E-state index in [2.05, 4.69) is 5.32 Å². The van der Waals surface area contributed by atoms with Gasteiger partial charge >= 0.3 is 18.3 Å². The van der Waals surface area contributed by atoms with Gasteiger partial charge < -0.3 is 10.4 Å². The first kappa shape index (κ1) is 20.3. The van der Waals surface area contributed by atoms with E-state index in [1.807, 2.05) is 0 Å². The van der Waals surface area contributed by atoms with Gasteiger partial charge in [0.1, 0.15) is 0 Å². The molecule has 152 valence electrons. The summed E-state index contributed by atoms with van der Waals surface area (Å²) in [7, 11) is 0. The van der Waals surface area contributed by atoms with Crippen molar-refractivity contribution in [3.8, 4) is 0 Å². The molecular formula is C19H17F6NO2. The predicted octanol–water partition coefficient (Wildman–Crippen LogP) is 6.09. The van der Waals surface area contributed by atoms with Gasteiger partial charge in [-0.2, -0.15) is 26.3 Å². The molecule has 28 heavy (non-hydrogen) atoms. The summed E-state index contributed by atoms with van der Waals surface area (Å²) in [5.41, 5.74) is -1.29. The first-order valence-electron chi connectivity index (χ1n) is 8.67. The number of aromatic carboxylic acids is 1. The number of halogens is 6. The summed E-state index contributed by atoms with van der Waals surface area (Å²) in [5.74, 6) is -2.67. The second-order valence-corrected chi connectivity index (χ2v) is 6.96. The average molecular weight is 405 g/mol. The Bertz CT molecular complexity index is 882. The Balaban J connectivity index is 1.91. The van der Waals surface area contributed by atoms with Gasteiger partial charge in [-0.1, -0.05) is 12.1 Å². The fraction of sp³-hybridized carbons (Fsp3) is 0.421. The van der Waals surface area contributed by atoms with Crippen molar-refractivity contribution >= 4 is 22.4 Å². The number of fused-ring (bicyclic) bond motifs is 1. The van der Waals surface area contributed by atoms with Crippen molar-refractivity contribution in [1.29, 1.82) is 0 Å². The summed E-state index contributed by atoms with van der Waals surface area (Å²) in [6, 6.07) is 5.44. The van der Waals surface area contributed by atoms with E-state index in [4.69, 9.17) is 5.11 Å². The van der Waals surface area contributed by atoms with Crippen molar-refractivity contribution in [3.63, 3.8) is 0 Å². The van der Waals surface area contributed by atoms with Crippen LogP contribution in [0.1, 0.15) is 41.6 Å². The lowest BCUT2D eigenvalue weighted by atomic mass is 9.85. The summed E-state index contributed by atoms with van der Waals surface area (Å²) < 4.78 is 79.4. The SMILES string of the molecule is O=C(O)c1ccc2c(C(F)(F)F)c(N[C@H]3CC[C@@H](C(F)(F)F)CC3)ccc2c1. The van der Waals surface area contributed by atoms with Crippen LogP contribution in [0.4, 0.5) is 32.0 Å². The van der Waals surface area contributed by atoms with Crippen LogP contribution in [0.2, 0.25) is 0 Å². The van der Waals surface area contributed by atoms with Gasteiger partial charge in [0, 0.05) is 11.7 Å². The summed E-state index contributed by atoms with van der Waals surface area (Å²) in [5, 5.41) is 11.7. The smallest absolute Gasteiger partial charge is 0.418 e. The fourth-order valence-corrected chi connectivity index (χ4v) is 3.67. The first-order chi connectivity index (χ1) is 13.0. The number of anilines is 1. The number of carboxylic acid groups (broad SMARTS) is 1. The number of benzene rings is 2. The molecule has 0 radical (unpaired) electrons. The molecule has 2 aromatic carbocycles. The minimum Gasteiger partial charge on any atom is -0.478 e. The largest absolute Gasteiger partial charge is 0.478 e. The van der Waals surface area contributed by atoms with E-state index in [9.17, 15) is 31.1 Å². The third-order valence-electron chi connectivity index (χ3n) is 5.10. The molecule has 2 aromatic rings. The highest BCUT2D eigenvalue weighted by Crippen LogP contribution is 2.42. The molecule has 2 N–H and O–H groups in total. The van der Waals surface area contributed by atoms with Crippen LogP contribution in [0.5, 0.6) is 0 Å².